The van der Waals surface area contributed by atoms with Gasteiger partial charge in [0, 0.05) is 26.2 Å². The second-order valence-corrected chi connectivity index (χ2v) is 5.07. The van der Waals surface area contributed by atoms with Crippen LogP contribution in [-0.2, 0) is 4.79 Å². The number of hydrogen-bond acceptors (Lipinski definition) is 2. The molecule has 1 amide bonds. The molecular formula is C13H24N2O. The minimum Gasteiger partial charge on any atom is -0.365 e. The van der Waals surface area contributed by atoms with Crippen molar-refractivity contribution in [2.45, 2.75) is 46.6 Å². The summed E-state index contributed by atoms with van der Waals surface area (Å²) in [6, 6.07) is 0.389. The molecule has 0 spiro atoms. The molecule has 0 N–H and O–H groups in total. The Morgan fingerprint density at radius 1 is 1.19 bits per heavy atom. The van der Waals surface area contributed by atoms with Crippen molar-refractivity contribution < 1.29 is 4.79 Å². The van der Waals surface area contributed by atoms with Crippen LogP contribution < -0.4 is 0 Å². The van der Waals surface area contributed by atoms with Crippen LogP contribution in [-0.4, -0.2) is 41.9 Å². The zero-order chi connectivity index (χ0) is 12.3. The smallest absolute Gasteiger partial charge is 0.269 e. The highest BCUT2D eigenvalue weighted by Gasteiger charge is 2.25. The van der Waals surface area contributed by atoms with Gasteiger partial charge in [0.1, 0.15) is 5.70 Å². The monoisotopic (exact) mass is 224 g/mol. The first-order chi connectivity index (χ1) is 7.45. The summed E-state index contributed by atoms with van der Waals surface area (Å²) in [7, 11) is 1.90. The number of likely N-dealkylation sites (N-methyl/N-ethyl adjacent to an activating group) is 1. The van der Waals surface area contributed by atoms with E-state index >= 15 is 0 Å². The zero-order valence-corrected chi connectivity index (χ0v) is 11.2. The van der Waals surface area contributed by atoms with Gasteiger partial charge in [0.05, 0.1) is 0 Å². The second-order valence-electron chi connectivity index (χ2n) is 5.07. The lowest BCUT2D eigenvalue weighted by Gasteiger charge is -2.36. The van der Waals surface area contributed by atoms with Crippen LogP contribution in [0.3, 0.4) is 0 Å². The summed E-state index contributed by atoms with van der Waals surface area (Å²) in [5, 5.41) is 0. The maximum absolute atomic E-state index is 12.3. The molecule has 3 nitrogen and oxygen atoms in total. The van der Waals surface area contributed by atoms with Gasteiger partial charge in [0.15, 0.2) is 0 Å². The number of rotatable bonds is 1. The highest BCUT2D eigenvalue weighted by atomic mass is 16.2. The van der Waals surface area contributed by atoms with Crippen molar-refractivity contribution in [2.75, 3.05) is 20.1 Å². The highest BCUT2D eigenvalue weighted by molar-refractivity contribution is 5.93. The van der Waals surface area contributed by atoms with E-state index in [0.717, 1.165) is 37.2 Å². The van der Waals surface area contributed by atoms with Crippen molar-refractivity contribution in [2.24, 2.45) is 0 Å². The van der Waals surface area contributed by atoms with Crippen molar-refractivity contribution >= 4 is 5.91 Å². The number of amides is 1. The van der Waals surface area contributed by atoms with Gasteiger partial charge in [-0.1, -0.05) is 0 Å². The first kappa shape index (κ1) is 13.1. The molecule has 0 unspecified atom stereocenters. The average Bonchev–Trinajstić information content (AvgIpc) is 2.18. The van der Waals surface area contributed by atoms with Crippen LogP contribution >= 0.6 is 0 Å². The Kier molecular flexibility index (Phi) is 4.39. The summed E-state index contributed by atoms with van der Waals surface area (Å²) >= 11 is 0. The topological polar surface area (TPSA) is 23.6 Å². The normalized spacial score (nSPS) is 18.9. The van der Waals surface area contributed by atoms with E-state index in [1.165, 1.54) is 0 Å². The van der Waals surface area contributed by atoms with Crippen molar-refractivity contribution in [1.82, 2.24) is 9.80 Å². The molecule has 0 radical (unpaired) electrons. The molecular weight excluding hydrogens is 200 g/mol. The lowest BCUT2D eigenvalue weighted by molar-refractivity contribution is -0.128. The fraction of sp³-hybridized carbons (Fsp3) is 0.769. The SMILES string of the molecule is CC(C)=C1C(=O)N(C)CCCCN1C(C)C. The van der Waals surface area contributed by atoms with Crippen LogP contribution in [0.15, 0.2) is 11.3 Å². The number of carbonyl (C=O) groups is 1. The summed E-state index contributed by atoms with van der Waals surface area (Å²) < 4.78 is 0. The van der Waals surface area contributed by atoms with Crippen molar-refractivity contribution in [3.8, 4) is 0 Å². The summed E-state index contributed by atoms with van der Waals surface area (Å²) in [6.45, 7) is 10.2. The van der Waals surface area contributed by atoms with Gasteiger partial charge in [-0.05, 0) is 46.1 Å². The van der Waals surface area contributed by atoms with Crippen LogP contribution in [0.1, 0.15) is 40.5 Å². The van der Waals surface area contributed by atoms with E-state index in [1.54, 1.807) is 0 Å². The van der Waals surface area contributed by atoms with Crippen LogP contribution in [0.5, 0.6) is 0 Å². The number of nitrogens with zero attached hydrogens (tertiary/aromatic N) is 2. The standard InChI is InChI=1S/C13H24N2O/c1-10(2)12-13(16)14(5)8-6-7-9-15(12)11(3)4/h11H,6-9H2,1-5H3. The van der Waals surface area contributed by atoms with E-state index < -0.39 is 0 Å². The summed E-state index contributed by atoms with van der Waals surface area (Å²) in [5.41, 5.74) is 2.02. The molecule has 0 aromatic heterocycles. The molecule has 1 fully saturated rings. The van der Waals surface area contributed by atoms with Crippen LogP contribution in [0, 0.1) is 0 Å². The maximum Gasteiger partial charge on any atom is 0.269 e. The first-order valence-corrected chi connectivity index (χ1v) is 6.14. The van der Waals surface area contributed by atoms with E-state index in [0.29, 0.717) is 6.04 Å². The van der Waals surface area contributed by atoms with Gasteiger partial charge in [0.2, 0.25) is 0 Å². The average molecular weight is 224 g/mol. The third-order valence-electron chi connectivity index (χ3n) is 3.08. The fourth-order valence-electron chi connectivity index (χ4n) is 2.17. The van der Waals surface area contributed by atoms with Crippen LogP contribution in [0.25, 0.3) is 0 Å². The molecule has 0 aliphatic carbocycles. The molecule has 1 aliphatic heterocycles. The molecule has 0 aromatic carbocycles. The van der Waals surface area contributed by atoms with E-state index in [2.05, 4.69) is 18.7 Å². The highest BCUT2D eigenvalue weighted by Crippen LogP contribution is 2.19. The number of allylic oxidation sites excluding steroid dienone is 1. The Bertz CT molecular complexity index is 290. The number of hydrogen-bond donors (Lipinski definition) is 0. The molecule has 0 aromatic rings. The lowest BCUT2D eigenvalue weighted by Crippen LogP contribution is -2.43. The van der Waals surface area contributed by atoms with Crippen LogP contribution in [0.2, 0.25) is 0 Å². The molecule has 1 saturated heterocycles. The molecule has 1 heterocycles. The molecule has 0 bridgehead atoms. The first-order valence-electron chi connectivity index (χ1n) is 6.14. The van der Waals surface area contributed by atoms with Crippen molar-refractivity contribution in [3.63, 3.8) is 0 Å². The minimum atomic E-state index is 0.174. The van der Waals surface area contributed by atoms with E-state index in [-0.39, 0.29) is 5.91 Å². The molecule has 0 atom stereocenters. The Labute approximate surface area is 99.1 Å². The van der Waals surface area contributed by atoms with E-state index in [4.69, 9.17) is 0 Å². The lowest BCUT2D eigenvalue weighted by atomic mass is 10.1. The summed E-state index contributed by atoms with van der Waals surface area (Å²) in [5.74, 6) is 0.174. The van der Waals surface area contributed by atoms with Gasteiger partial charge in [-0.15, -0.1) is 0 Å². The predicted molar refractivity (Wildman–Crippen MR) is 67.1 cm³/mol. The Hall–Kier alpha value is -0.990. The minimum absolute atomic E-state index is 0.174. The van der Waals surface area contributed by atoms with Gasteiger partial charge in [0.25, 0.3) is 5.91 Å². The van der Waals surface area contributed by atoms with Crippen molar-refractivity contribution in [1.29, 1.82) is 0 Å². The zero-order valence-electron chi connectivity index (χ0n) is 11.2. The Balaban J connectivity index is 3.06. The molecule has 1 aliphatic rings. The Morgan fingerprint density at radius 2 is 1.75 bits per heavy atom. The quantitative estimate of drug-likeness (QED) is 0.638. The molecule has 16 heavy (non-hydrogen) atoms. The van der Waals surface area contributed by atoms with Crippen molar-refractivity contribution in [3.05, 3.63) is 11.3 Å². The third kappa shape index (κ3) is 2.77. The number of carbonyl (C=O) groups excluding carboxylic acids is 1. The third-order valence-corrected chi connectivity index (χ3v) is 3.08. The summed E-state index contributed by atoms with van der Waals surface area (Å²) in [4.78, 5) is 16.4. The van der Waals surface area contributed by atoms with E-state index in [9.17, 15) is 4.79 Å². The van der Waals surface area contributed by atoms with Gasteiger partial charge >= 0.3 is 0 Å². The molecule has 3 heteroatoms. The second kappa shape index (κ2) is 5.37. The van der Waals surface area contributed by atoms with Gasteiger partial charge in [-0.25, -0.2) is 0 Å². The van der Waals surface area contributed by atoms with E-state index in [1.807, 2.05) is 25.8 Å². The summed E-state index contributed by atoms with van der Waals surface area (Å²) in [6.07, 6.45) is 2.26. The van der Waals surface area contributed by atoms with Gasteiger partial charge in [-0.3, -0.25) is 4.79 Å². The molecule has 0 saturated carbocycles. The molecule has 92 valence electrons. The Morgan fingerprint density at radius 3 is 2.25 bits per heavy atom. The maximum atomic E-state index is 12.3. The van der Waals surface area contributed by atoms with Gasteiger partial charge < -0.3 is 9.80 Å². The fourth-order valence-corrected chi connectivity index (χ4v) is 2.17. The molecule has 1 rings (SSSR count). The predicted octanol–water partition coefficient (Wildman–Crippen LogP) is 2.24. The largest absolute Gasteiger partial charge is 0.365 e. The van der Waals surface area contributed by atoms with Gasteiger partial charge in [-0.2, -0.15) is 0 Å². The van der Waals surface area contributed by atoms with Crippen LogP contribution in [0.4, 0.5) is 0 Å².